The summed E-state index contributed by atoms with van der Waals surface area (Å²) < 4.78 is 2.58. The zero-order chi connectivity index (χ0) is 14.2. The van der Waals surface area contributed by atoms with Crippen molar-refractivity contribution in [3.8, 4) is 0 Å². The number of nitrogens with zero attached hydrogens (tertiary/aromatic N) is 1. The largest absolute Gasteiger partial charge is 0.337 e. The van der Waals surface area contributed by atoms with Crippen LogP contribution in [0.15, 0.2) is 54.6 Å². The molecule has 0 saturated heterocycles. The molecule has 0 bridgehead atoms. The van der Waals surface area contributed by atoms with Gasteiger partial charge in [0.25, 0.3) is 0 Å². The fourth-order valence-corrected chi connectivity index (χ4v) is 3.85. The van der Waals surface area contributed by atoms with Crippen LogP contribution >= 0.6 is 0 Å². The average Bonchev–Trinajstić information content (AvgIpc) is 2.90. The van der Waals surface area contributed by atoms with Crippen molar-refractivity contribution in [1.82, 2.24) is 4.57 Å². The number of benzene rings is 2. The molecule has 3 aromatic rings. The Morgan fingerprint density at radius 2 is 1.57 bits per heavy atom. The van der Waals surface area contributed by atoms with Gasteiger partial charge >= 0.3 is 0 Å². The van der Waals surface area contributed by atoms with Crippen molar-refractivity contribution in [1.29, 1.82) is 0 Å². The first-order chi connectivity index (χ1) is 10.4. The minimum atomic E-state index is 0.401. The second-order valence-electron chi connectivity index (χ2n) is 6.11. The summed E-state index contributed by atoms with van der Waals surface area (Å²) in [6, 6.07) is 20.2. The van der Waals surface area contributed by atoms with E-state index in [9.17, 15) is 0 Å². The molecule has 0 saturated carbocycles. The van der Waals surface area contributed by atoms with Gasteiger partial charge in [0.15, 0.2) is 0 Å². The van der Waals surface area contributed by atoms with Crippen molar-refractivity contribution >= 4 is 10.9 Å². The standard InChI is InChI=1S/C20H21N/c1-15(16-9-3-2-4-10-16)21-19-13-7-5-11-17(19)18-12-6-8-14-20(18)21/h2-5,7,9-11,13,15H,6,8,12,14H2,1H3/t15-/m1/s1. The van der Waals surface area contributed by atoms with E-state index in [1.165, 1.54) is 42.1 Å². The molecule has 4 rings (SSSR count). The molecule has 0 radical (unpaired) electrons. The Morgan fingerprint density at radius 3 is 2.43 bits per heavy atom. The molecule has 0 unspecified atom stereocenters. The topological polar surface area (TPSA) is 4.93 Å². The highest BCUT2D eigenvalue weighted by molar-refractivity contribution is 5.86. The molecule has 1 heteroatoms. The van der Waals surface area contributed by atoms with E-state index in [-0.39, 0.29) is 0 Å². The number of rotatable bonds is 2. The van der Waals surface area contributed by atoms with Gasteiger partial charge in [-0.05, 0) is 49.8 Å². The van der Waals surface area contributed by atoms with Crippen molar-refractivity contribution < 1.29 is 0 Å². The fourth-order valence-electron chi connectivity index (χ4n) is 3.85. The normalized spacial score (nSPS) is 15.9. The van der Waals surface area contributed by atoms with Gasteiger partial charge in [0.05, 0.1) is 6.04 Å². The Bertz CT molecular complexity index is 767. The summed E-state index contributed by atoms with van der Waals surface area (Å²) in [4.78, 5) is 0. The summed E-state index contributed by atoms with van der Waals surface area (Å²) in [5.74, 6) is 0. The van der Waals surface area contributed by atoms with Crippen molar-refractivity contribution in [2.24, 2.45) is 0 Å². The smallest absolute Gasteiger partial charge is 0.0560 e. The highest BCUT2D eigenvalue weighted by atomic mass is 15.0. The molecule has 1 atom stereocenters. The molecule has 1 heterocycles. The lowest BCUT2D eigenvalue weighted by Crippen LogP contribution is -2.13. The van der Waals surface area contributed by atoms with Crippen molar-refractivity contribution in [3.63, 3.8) is 0 Å². The molecule has 1 aliphatic carbocycles. The zero-order valence-electron chi connectivity index (χ0n) is 12.5. The highest BCUT2D eigenvalue weighted by Gasteiger charge is 2.22. The van der Waals surface area contributed by atoms with Gasteiger partial charge < -0.3 is 4.57 Å². The van der Waals surface area contributed by atoms with Crippen LogP contribution in [0.2, 0.25) is 0 Å². The number of hydrogen-bond donors (Lipinski definition) is 0. The zero-order valence-corrected chi connectivity index (χ0v) is 12.5. The molecule has 1 aromatic heterocycles. The van der Waals surface area contributed by atoms with Crippen molar-refractivity contribution in [2.45, 2.75) is 38.6 Å². The maximum Gasteiger partial charge on any atom is 0.0560 e. The second kappa shape index (κ2) is 5.07. The molecular formula is C20H21N. The SMILES string of the molecule is C[C@H](c1ccccc1)n1c2c(c3ccccc31)CCCC2. The molecule has 0 aliphatic heterocycles. The second-order valence-corrected chi connectivity index (χ2v) is 6.11. The molecule has 0 spiro atoms. The predicted molar refractivity (Wildman–Crippen MR) is 88.8 cm³/mol. The molecule has 0 N–H and O–H groups in total. The first-order valence-electron chi connectivity index (χ1n) is 8.02. The minimum Gasteiger partial charge on any atom is -0.337 e. The van der Waals surface area contributed by atoms with Gasteiger partial charge in [0.1, 0.15) is 0 Å². The Morgan fingerprint density at radius 1 is 0.857 bits per heavy atom. The van der Waals surface area contributed by atoms with Gasteiger partial charge in [-0.25, -0.2) is 0 Å². The summed E-state index contributed by atoms with van der Waals surface area (Å²) in [5.41, 5.74) is 5.96. The Labute approximate surface area is 126 Å². The fraction of sp³-hybridized carbons (Fsp3) is 0.300. The summed E-state index contributed by atoms with van der Waals surface area (Å²) in [6.45, 7) is 2.33. The van der Waals surface area contributed by atoms with Gasteiger partial charge in [-0.2, -0.15) is 0 Å². The van der Waals surface area contributed by atoms with Gasteiger partial charge in [-0.15, -0.1) is 0 Å². The van der Waals surface area contributed by atoms with Gasteiger partial charge in [-0.1, -0.05) is 48.5 Å². The van der Waals surface area contributed by atoms with Crippen molar-refractivity contribution in [2.75, 3.05) is 0 Å². The lowest BCUT2D eigenvalue weighted by molar-refractivity contribution is 0.584. The average molecular weight is 275 g/mol. The molecular weight excluding hydrogens is 254 g/mol. The van der Waals surface area contributed by atoms with Gasteiger partial charge in [0.2, 0.25) is 0 Å². The van der Waals surface area contributed by atoms with Crippen molar-refractivity contribution in [3.05, 3.63) is 71.4 Å². The lowest BCUT2D eigenvalue weighted by atomic mass is 9.95. The number of aromatic nitrogens is 1. The molecule has 21 heavy (non-hydrogen) atoms. The summed E-state index contributed by atoms with van der Waals surface area (Å²) in [6.07, 6.45) is 5.12. The minimum absolute atomic E-state index is 0.401. The molecule has 1 nitrogen and oxygen atoms in total. The molecule has 0 amide bonds. The summed E-state index contributed by atoms with van der Waals surface area (Å²) >= 11 is 0. The maximum atomic E-state index is 2.58. The van der Waals surface area contributed by atoms with Crippen LogP contribution in [0.4, 0.5) is 0 Å². The van der Waals surface area contributed by atoms with E-state index in [4.69, 9.17) is 0 Å². The van der Waals surface area contributed by atoms with Crippen LogP contribution in [0.1, 0.15) is 42.6 Å². The molecule has 0 fully saturated rings. The molecule has 106 valence electrons. The van der Waals surface area contributed by atoms with Crippen LogP contribution in [0, 0.1) is 0 Å². The number of aryl methyl sites for hydroxylation is 1. The summed E-state index contributed by atoms with van der Waals surface area (Å²) in [5, 5.41) is 1.47. The van der Waals surface area contributed by atoms with Crippen LogP contribution in [0.3, 0.4) is 0 Å². The van der Waals surface area contributed by atoms with E-state index in [0.717, 1.165) is 0 Å². The van der Waals surface area contributed by atoms with Crippen LogP contribution < -0.4 is 0 Å². The van der Waals surface area contributed by atoms with E-state index in [1.807, 2.05) is 0 Å². The Balaban J connectivity index is 1.96. The highest BCUT2D eigenvalue weighted by Crippen LogP contribution is 2.36. The van der Waals surface area contributed by atoms with E-state index in [2.05, 4.69) is 66.1 Å². The number of para-hydroxylation sites is 1. The van der Waals surface area contributed by atoms with E-state index in [0.29, 0.717) is 6.04 Å². The third kappa shape index (κ3) is 1.99. The quantitative estimate of drug-likeness (QED) is 0.611. The third-order valence-electron chi connectivity index (χ3n) is 4.89. The molecule has 1 aliphatic rings. The number of fused-ring (bicyclic) bond motifs is 3. The predicted octanol–water partition coefficient (Wildman–Crippen LogP) is 5.13. The first kappa shape index (κ1) is 12.7. The monoisotopic (exact) mass is 275 g/mol. The molecule has 2 aromatic carbocycles. The first-order valence-corrected chi connectivity index (χ1v) is 8.02. The van der Waals surface area contributed by atoms with Crippen LogP contribution in [-0.2, 0) is 12.8 Å². The van der Waals surface area contributed by atoms with E-state index >= 15 is 0 Å². The lowest BCUT2D eigenvalue weighted by Gasteiger charge is -2.22. The third-order valence-corrected chi connectivity index (χ3v) is 4.89. The maximum absolute atomic E-state index is 2.58. The Hall–Kier alpha value is -2.02. The van der Waals surface area contributed by atoms with Crippen LogP contribution in [-0.4, -0.2) is 4.57 Å². The van der Waals surface area contributed by atoms with Crippen LogP contribution in [0.5, 0.6) is 0 Å². The number of hydrogen-bond acceptors (Lipinski definition) is 0. The van der Waals surface area contributed by atoms with E-state index < -0.39 is 0 Å². The van der Waals surface area contributed by atoms with Gasteiger partial charge in [0, 0.05) is 16.6 Å². The van der Waals surface area contributed by atoms with E-state index in [1.54, 1.807) is 11.3 Å². The van der Waals surface area contributed by atoms with Crippen LogP contribution in [0.25, 0.3) is 10.9 Å². The summed E-state index contributed by atoms with van der Waals surface area (Å²) in [7, 11) is 0. The Kier molecular flexibility index (Phi) is 3.07. The van der Waals surface area contributed by atoms with Gasteiger partial charge in [-0.3, -0.25) is 0 Å².